The topological polar surface area (TPSA) is 81.3 Å². The number of aromatic nitrogens is 2. The first-order valence-corrected chi connectivity index (χ1v) is 6.33. The first kappa shape index (κ1) is 16.5. The Labute approximate surface area is 124 Å². The minimum Gasteiger partial charge on any atom is -0.339 e. The maximum Gasteiger partial charge on any atom is 0.257 e. The minimum absolute atomic E-state index is 0. The van der Waals surface area contributed by atoms with E-state index in [1.54, 1.807) is 18.9 Å². The number of amides is 2. The molecular formula is C12H20ClN5O2. The predicted octanol–water partition coefficient (Wildman–Crippen LogP) is -0.356. The standard InChI is InChI=1S/C12H19N5O2.ClH/c1-9-10(7-14-15-9)12(19)16(2)8-11(18)17-5-3-13-4-6-17;/h7,13H,3-6,8H2,1-2H3,(H,14,15);1H. The van der Waals surface area contributed by atoms with Gasteiger partial charge in [-0.3, -0.25) is 14.7 Å². The number of piperazine rings is 1. The van der Waals surface area contributed by atoms with E-state index in [-0.39, 0.29) is 30.8 Å². The van der Waals surface area contributed by atoms with Crippen molar-refractivity contribution in [2.75, 3.05) is 39.8 Å². The van der Waals surface area contributed by atoms with Crippen molar-refractivity contribution >= 4 is 24.2 Å². The highest BCUT2D eigenvalue weighted by Crippen LogP contribution is 2.06. The minimum atomic E-state index is -0.185. The van der Waals surface area contributed by atoms with Crippen LogP contribution >= 0.6 is 12.4 Å². The number of carbonyl (C=O) groups excluding carboxylic acids is 2. The van der Waals surface area contributed by atoms with E-state index in [0.717, 1.165) is 13.1 Å². The van der Waals surface area contributed by atoms with Gasteiger partial charge in [-0.2, -0.15) is 5.10 Å². The zero-order valence-electron chi connectivity index (χ0n) is 11.7. The van der Waals surface area contributed by atoms with Gasteiger partial charge in [0.25, 0.3) is 5.91 Å². The molecule has 0 unspecified atom stereocenters. The Bertz CT molecular complexity index is 470. The van der Waals surface area contributed by atoms with E-state index < -0.39 is 0 Å². The van der Waals surface area contributed by atoms with E-state index in [1.165, 1.54) is 11.1 Å². The second-order valence-corrected chi connectivity index (χ2v) is 4.70. The third-order valence-corrected chi connectivity index (χ3v) is 3.25. The van der Waals surface area contributed by atoms with E-state index >= 15 is 0 Å². The summed E-state index contributed by atoms with van der Waals surface area (Å²) in [7, 11) is 1.63. The van der Waals surface area contributed by atoms with Gasteiger partial charge in [-0.25, -0.2) is 0 Å². The lowest BCUT2D eigenvalue weighted by Gasteiger charge is -2.29. The van der Waals surface area contributed by atoms with Crippen LogP contribution < -0.4 is 5.32 Å². The lowest BCUT2D eigenvalue weighted by molar-refractivity contribution is -0.132. The van der Waals surface area contributed by atoms with E-state index in [0.29, 0.717) is 24.3 Å². The Morgan fingerprint density at radius 3 is 2.60 bits per heavy atom. The van der Waals surface area contributed by atoms with Gasteiger partial charge in [0, 0.05) is 38.9 Å². The fourth-order valence-corrected chi connectivity index (χ4v) is 2.06. The first-order valence-electron chi connectivity index (χ1n) is 6.33. The van der Waals surface area contributed by atoms with Crippen molar-refractivity contribution in [3.05, 3.63) is 17.5 Å². The molecule has 0 radical (unpaired) electrons. The van der Waals surface area contributed by atoms with E-state index in [2.05, 4.69) is 15.5 Å². The fourth-order valence-electron chi connectivity index (χ4n) is 2.06. The molecule has 0 saturated carbocycles. The van der Waals surface area contributed by atoms with Crippen molar-refractivity contribution in [2.24, 2.45) is 0 Å². The lowest BCUT2D eigenvalue weighted by atomic mass is 10.2. The molecule has 2 N–H and O–H groups in total. The highest BCUT2D eigenvalue weighted by Gasteiger charge is 2.22. The van der Waals surface area contributed by atoms with Crippen LogP contribution in [-0.4, -0.2) is 71.6 Å². The number of rotatable bonds is 3. The second-order valence-electron chi connectivity index (χ2n) is 4.70. The summed E-state index contributed by atoms with van der Waals surface area (Å²) in [5.41, 5.74) is 1.22. The summed E-state index contributed by atoms with van der Waals surface area (Å²) in [6.07, 6.45) is 1.49. The van der Waals surface area contributed by atoms with Gasteiger partial charge in [0.2, 0.25) is 5.91 Å². The zero-order valence-corrected chi connectivity index (χ0v) is 12.5. The third kappa shape index (κ3) is 3.71. The van der Waals surface area contributed by atoms with Gasteiger partial charge in [-0.05, 0) is 6.92 Å². The quantitative estimate of drug-likeness (QED) is 0.799. The van der Waals surface area contributed by atoms with E-state index in [4.69, 9.17) is 0 Å². The molecule has 1 aromatic heterocycles. The number of nitrogens with zero attached hydrogens (tertiary/aromatic N) is 3. The van der Waals surface area contributed by atoms with Gasteiger partial charge in [-0.15, -0.1) is 12.4 Å². The maximum absolute atomic E-state index is 12.1. The maximum atomic E-state index is 12.1. The van der Waals surface area contributed by atoms with E-state index in [1.807, 2.05) is 0 Å². The summed E-state index contributed by atoms with van der Waals surface area (Å²) in [6, 6.07) is 0. The Morgan fingerprint density at radius 1 is 1.40 bits per heavy atom. The number of aryl methyl sites for hydroxylation is 1. The Kier molecular flexibility index (Phi) is 5.97. The Morgan fingerprint density at radius 2 is 2.05 bits per heavy atom. The molecule has 1 saturated heterocycles. The van der Waals surface area contributed by atoms with Gasteiger partial charge in [0.1, 0.15) is 0 Å². The van der Waals surface area contributed by atoms with Crippen LogP contribution in [0.25, 0.3) is 0 Å². The van der Waals surface area contributed by atoms with Gasteiger partial charge < -0.3 is 15.1 Å². The number of carbonyl (C=O) groups is 2. The normalized spacial score (nSPS) is 14.6. The highest BCUT2D eigenvalue weighted by atomic mass is 35.5. The largest absolute Gasteiger partial charge is 0.339 e. The monoisotopic (exact) mass is 301 g/mol. The van der Waals surface area contributed by atoms with Crippen LogP contribution in [0.5, 0.6) is 0 Å². The SMILES string of the molecule is Cc1[nH]ncc1C(=O)N(C)CC(=O)N1CCNCC1.Cl. The number of aromatic amines is 1. The zero-order chi connectivity index (χ0) is 13.8. The molecule has 1 fully saturated rings. The molecule has 0 aromatic carbocycles. The molecule has 7 nitrogen and oxygen atoms in total. The first-order chi connectivity index (χ1) is 9.09. The summed E-state index contributed by atoms with van der Waals surface area (Å²) in [5.74, 6) is -0.201. The second kappa shape index (κ2) is 7.25. The molecule has 2 heterocycles. The third-order valence-electron chi connectivity index (χ3n) is 3.25. The lowest BCUT2D eigenvalue weighted by Crippen LogP contribution is -2.49. The van der Waals surface area contributed by atoms with E-state index in [9.17, 15) is 9.59 Å². The number of H-pyrrole nitrogens is 1. The summed E-state index contributed by atoms with van der Waals surface area (Å²) in [4.78, 5) is 27.4. The number of nitrogens with one attached hydrogen (secondary N) is 2. The molecule has 1 aliphatic heterocycles. The number of halogens is 1. The molecule has 1 aromatic rings. The van der Waals surface area contributed by atoms with Crippen molar-refractivity contribution in [1.82, 2.24) is 25.3 Å². The molecule has 0 atom stereocenters. The van der Waals surface area contributed by atoms with Gasteiger partial charge in [0.15, 0.2) is 0 Å². The molecule has 20 heavy (non-hydrogen) atoms. The molecule has 2 amide bonds. The highest BCUT2D eigenvalue weighted by molar-refractivity contribution is 5.97. The smallest absolute Gasteiger partial charge is 0.257 e. The van der Waals surface area contributed by atoms with Crippen molar-refractivity contribution < 1.29 is 9.59 Å². The molecule has 2 rings (SSSR count). The number of hydrogen-bond acceptors (Lipinski definition) is 4. The van der Waals surface area contributed by atoms with Crippen LogP contribution in [0.3, 0.4) is 0 Å². The van der Waals surface area contributed by atoms with Crippen molar-refractivity contribution in [2.45, 2.75) is 6.92 Å². The van der Waals surface area contributed by atoms with Crippen LogP contribution in [-0.2, 0) is 4.79 Å². The average Bonchev–Trinajstić information content (AvgIpc) is 2.85. The number of hydrogen-bond donors (Lipinski definition) is 2. The van der Waals surface area contributed by atoms with Crippen molar-refractivity contribution in [3.63, 3.8) is 0 Å². The molecular weight excluding hydrogens is 282 g/mol. The van der Waals surface area contributed by atoms with Crippen LogP contribution in [0.4, 0.5) is 0 Å². The summed E-state index contributed by atoms with van der Waals surface area (Å²) in [5, 5.41) is 9.73. The predicted molar refractivity (Wildman–Crippen MR) is 77.0 cm³/mol. The fraction of sp³-hybridized carbons (Fsp3) is 0.583. The molecule has 0 spiro atoms. The van der Waals surface area contributed by atoms with Crippen LogP contribution in [0.15, 0.2) is 6.20 Å². The molecule has 8 heteroatoms. The summed E-state index contributed by atoms with van der Waals surface area (Å²) >= 11 is 0. The molecule has 0 aliphatic carbocycles. The Hall–Kier alpha value is -1.60. The summed E-state index contributed by atoms with van der Waals surface area (Å²) < 4.78 is 0. The molecule has 112 valence electrons. The number of likely N-dealkylation sites (N-methyl/N-ethyl adjacent to an activating group) is 1. The van der Waals surface area contributed by atoms with Gasteiger partial charge in [0.05, 0.1) is 18.3 Å². The summed E-state index contributed by atoms with van der Waals surface area (Å²) in [6.45, 7) is 4.90. The van der Waals surface area contributed by atoms with Gasteiger partial charge in [-0.1, -0.05) is 0 Å². The van der Waals surface area contributed by atoms with Crippen molar-refractivity contribution in [1.29, 1.82) is 0 Å². The van der Waals surface area contributed by atoms with Crippen LogP contribution in [0, 0.1) is 6.92 Å². The van der Waals surface area contributed by atoms with Crippen molar-refractivity contribution in [3.8, 4) is 0 Å². The molecule has 1 aliphatic rings. The van der Waals surface area contributed by atoms with Gasteiger partial charge >= 0.3 is 0 Å². The van der Waals surface area contributed by atoms with Crippen LogP contribution in [0.2, 0.25) is 0 Å². The molecule has 0 bridgehead atoms. The van der Waals surface area contributed by atoms with Crippen LogP contribution in [0.1, 0.15) is 16.1 Å². The Balaban J connectivity index is 0.00000200. The average molecular weight is 302 g/mol.